The first-order chi connectivity index (χ1) is 3.56. The number of halogens is 3. The van der Waals surface area contributed by atoms with E-state index in [-0.39, 0.29) is 15.0 Å². The summed E-state index contributed by atoms with van der Waals surface area (Å²) in [5.41, 5.74) is 0. The summed E-state index contributed by atoms with van der Waals surface area (Å²) in [5.74, 6) is 0. The Morgan fingerprint density at radius 3 is 2.00 bits per heavy atom. The standard InChI is InChI=1S/C4H7F3Se/c1-2-8-3-4(5,6)7/h2-3H2,1H3. The molecule has 4 heteroatoms. The van der Waals surface area contributed by atoms with Gasteiger partial charge in [0.25, 0.3) is 0 Å². The average Bonchev–Trinajstić information content (AvgIpc) is 1.59. The molecular formula is C4H7F3Se. The van der Waals surface area contributed by atoms with E-state index in [0.717, 1.165) is 0 Å². The summed E-state index contributed by atoms with van der Waals surface area (Å²) in [6.07, 6.45) is -3.92. The van der Waals surface area contributed by atoms with Crippen LogP contribution in [0.25, 0.3) is 0 Å². The third-order valence-electron chi connectivity index (χ3n) is 0.470. The molecule has 0 aliphatic rings. The van der Waals surface area contributed by atoms with Crippen molar-refractivity contribution in [3.05, 3.63) is 0 Å². The Labute approximate surface area is 52.6 Å². The normalized spacial score (nSPS) is 12.0. The van der Waals surface area contributed by atoms with E-state index in [0.29, 0.717) is 5.32 Å². The minimum absolute atomic E-state index is 0.224. The summed E-state index contributed by atoms with van der Waals surface area (Å²) in [6.45, 7) is 1.77. The van der Waals surface area contributed by atoms with Gasteiger partial charge in [0, 0.05) is 0 Å². The zero-order valence-corrected chi connectivity index (χ0v) is 6.17. The van der Waals surface area contributed by atoms with Crippen molar-refractivity contribution >= 4 is 15.0 Å². The monoisotopic (exact) mass is 192 g/mol. The molecule has 8 heavy (non-hydrogen) atoms. The molecule has 0 amide bonds. The summed E-state index contributed by atoms with van der Waals surface area (Å²) in [5, 5.41) is 0.100. The van der Waals surface area contributed by atoms with E-state index in [2.05, 4.69) is 0 Å². The van der Waals surface area contributed by atoms with Crippen molar-refractivity contribution in [3.8, 4) is 0 Å². The second-order valence-electron chi connectivity index (χ2n) is 1.25. The summed E-state index contributed by atoms with van der Waals surface area (Å²) in [7, 11) is 0. The molecule has 0 aliphatic carbocycles. The van der Waals surface area contributed by atoms with Gasteiger partial charge in [-0.2, -0.15) is 0 Å². The van der Waals surface area contributed by atoms with Crippen molar-refractivity contribution in [2.45, 2.75) is 23.7 Å². The molecule has 0 aromatic heterocycles. The predicted molar refractivity (Wildman–Crippen MR) is 27.1 cm³/mol. The summed E-state index contributed by atoms with van der Waals surface area (Å²) in [6, 6.07) is 0. The van der Waals surface area contributed by atoms with Gasteiger partial charge in [-0.15, -0.1) is 0 Å². The molecular weight excluding hydrogens is 184 g/mol. The molecule has 0 fully saturated rings. The van der Waals surface area contributed by atoms with Crippen LogP contribution in [0, 0.1) is 0 Å². The van der Waals surface area contributed by atoms with Crippen LogP contribution in [0.4, 0.5) is 13.2 Å². The van der Waals surface area contributed by atoms with E-state index in [1.807, 2.05) is 0 Å². The first-order valence-corrected chi connectivity index (χ1v) is 4.63. The summed E-state index contributed by atoms with van der Waals surface area (Å²) in [4.78, 5) is 0. The van der Waals surface area contributed by atoms with Crippen molar-refractivity contribution in [3.63, 3.8) is 0 Å². The first kappa shape index (κ1) is 8.31. The molecule has 0 aliphatic heterocycles. The van der Waals surface area contributed by atoms with E-state index >= 15 is 0 Å². The van der Waals surface area contributed by atoms with Gasteiger partial charge in [0.05, 0.1) is 0 Å². The van der Waals surface area contributed by atoms with Gasteiger partial charge in [0.2, 0.25) is 0 Å². The number of hydrogen-bond donors (Lipinski definition) is 0. The molecule has 0 saturated heterocycles. The van der Waals surface area contributed by atoms with Gasteiger partial charge in [-0.3, -0.25) is 0 Å². The van der Waals surface area contributed by atoms with Crippen LogP contribution in [0.1, 0.15) is 6.92 Å². The molecule has 0 saturated carbocycles. The van der Waals surface area contributed by atoms with Gasteiger partial charge in [0.1, 0.15) is 0 Å². The third kappa shape index (κ3) is 6.31. The van der Waals surface area contributed by atoms with Crippen molar-refractivity contribution in [2.24, 2.45) is 0 Å². The molecule has 0 unspecified atom stereocenters. The molecule has 0 spiro atoms. The molecule has 0 atom stereocenters. The minimum atomic E-state index is -3.92. The zero-order chi connectivity index (χ0) is 6.62. The van der Waals surface area contributed by atoms with Gasteiger partial charge in [0.15, 0.2) is 0 Å². The van der Waals surface area contributed by atoms with E-state index < -0.39 is 11.5 Å². The van der Waals surface area contributed by atoms with Gasteiger partial charge >= 0.3 is 51.9 Å². The SMILES string of the molecule is CC[Se]CC(F)(F)F. The third-order valence-corrected chi connectivity index (χ3v) is 2.44. The number of hydrogen-bond acceptors (Lipinski definition) is 0. The van der Waals surface area contributed by atoms with E-state index in [1.54, 1.807) is 6.92 Å². The van der Waals surface area contributed by atoms with Crippen LogP contribution in [0.5, 0.6) is 0 Å². The Hall–Kier alpha value is 0.309. The zero-order valence-electron chi connectivity index (χ0n) is 4.46. The van der Waals surface area contributed by atoms with Crippen molar-refractivity contribution < 1.29 is 13.2 Å². The van der Waals surface area contributed by atoms with Crippen LogP contribution in [0.3, 0.4) is 0 Å². The second kappa shape index (κ2) is 3.36. The molecule has 0 nitrogen and oxygen atoms in total. The van der Waals surface area contributed by atoms with Crippen LogP contribution >= 0.6 is 0 Å². The van der Waals surface area contributed by atoms with Gasteiger partial charge in [-0.1, -0.05) is 0 Å². The summed E-state index contributed by atoms with van der Waals surface area (Å²) >= 11 is -0.224. The van der Waals surface area contributed by atoms with Crippen LogP contribution in [-0.4, -0.2) is 21.1 Å². The van der Waals surface area contributed by atoms with Gasteiger partial charge < -0.3 is 0 Å². The Kier molecular flexibility index (Phi) is 3.49. The van der Waals surface area contributed by atoms with Crippen molar-refractivity contribution in [1.82, 2.24) is 0 Å². The van der Waals surface area contributed by atoms with Crippen molar-refractivity contribution in [1.29, 1.82) is 0 Å². The second-order valence-corrected chi connectivity index (χ2v) is 3.93. The summed E-state index contributed by atoms with van der Waals surface area (Å²) < 4.78 is 33.8. The van der Waals surface area contributed by atoms with E-state index in [1.165, 1.54) is 0 Å². The van der Waals surface area contributed by atoms with Crippen LogP contribution in [0.2, 0.25) is 10.6 Å². The molecule has 0 aromatic rings. The van der Waals surface area contributed by atoms with Crippen molar-refractivity contribution in [2.75, 3.05) is 0 Å². The molecule has 0 bridgehead atoms. The Bertz CT molecular complexity index is 58.8. The topological polar surface area (TPSA) is 0 Å². The van der Waals surface area contributed by atoms with Crippen LogP contribution < -0.4 is 0 Å². The fourth-order valence-corrected chi connectivity index (χ4v) is 1.13. The molecule has 0 radical (unpaired) electrons. The maximum absolute atomic E-state index is 11.3. The molecule has 0 rings (SSSR count). The molecule has 0 N–H and O–H groups in total. The van der Waals surface area contributed by atoms with Gasteiger partial charge in [-0.05, 0) is 0 Å². The van der Waals surface area contributed by atoms with E-state index in [4.69, 9.17) is 0 Å². The Balaban J connectivity index is 3.11. The Morgan fingerprint density at radius 2 is 1.88 bits per heavy atom. The predicted octanol–water partition coefficient (Wildman–Crippen LogP) is 2.11. The maximum atomic E-state index is 11.3. The first-order valence-electron chi connectivity index (χ1n) is 2.20. The van der Waals surface area contributed by atoms with E-state index in [9.17, 15) is 13.2 Å². The molecule has 50 valence electrons. The molecule has 0 heterocycles. The fraction of sp³-hybridized carbons (Fsp3) is 1.00. The number of alkyl halides is 3. The number of rotatable bonds is 2. The average molecular weight is 191 g/mol. The molecule has 0 aromatic carbocycles. The fourth-order valence-electron chi connectivity index (χ4n) is 0.218. The Morgan fingerprint density at radius 1 is 1.38 bits per heavy atom. The van der Waals surface area contributed by atoms with Crippen LogP contribution in [-0.2, 0) is 0 Å². The van der Waals surface area contributed by atoms with Crippen LogP contribution in [0.15, 0.2) is 0 Å². The van der Waals surface area contributed by atoms with Gasteiger partial charge in [-0.25, -0.2) is 0 Å². The quantitative estimate of drug-likeness (QED) is 0.586.